The third kappa shape index (κ3) is 4.97. The maximum atomic E-state index is 5.17. The summed E-state index contributed by atoms with van der Waals surface area (Å²) < 4.78 is 5.17. The molecule has 0 aliphatic heterocycles. The molecule has 2 heteroatoms. The van der Waals surface area contributed by atoms with Gasteiger partial charge in [-0.25, -0.2) is 0 Å². The molecule has 2 rings (SSSR count). The summed E-state index contributed by atoms with van der Waals surface area (Å²) in [6, 6.07) is 17.4. The topological polar surface area (TPSA) is 21.3 Å². The van der Waals surface area contributed by atoms with Gasteiger partial charge < -0.3 is 10.1 Å². The summed E-state index contributed by atoms with van der Waals surface area (Å²) >= 11 is 0. The Bertz CT molecular complexity index is 581. The smallest absolute Gasteiger partial charge is 0.0713 e. The molecule has 1 N–H and O–H groups in total. The van der Waals surface area contributed by atoms with Gasteiger partial charge in [0, 0.05) is 20.2 Å². The zero-order chi connectivity index (χ0) is 16.0. The second-order valence-electron chi connectivity index (χ2n) is 6.80. The average molecular weight is 297 g/mol. The van der Waals surface area contributed by atoms with E-state index in [2.05, 4.69) is 74.6 Å². The molecular formula is C20H27NO. The SMILES string of the molecule is COCc1cccc(CNCc2ccc(C(C)(C)C)cc2)c1. The van der Waals surface area contributed by atoms with Crippen LogP contribution in [-0.4, -0.2) is 7.11 Å². The van der Waals surface area contributed by atoms with Crippen LogP contribution in [0, 0.1) is 0 Å². The molecule has 2 nitrogen and oxygen atoms in total. The zero-order valence-electron chi connectivity index (χ0n) is 14.1. The lowest BCUT2D eigenvalue weighted by Crippen LogP contribution is -2.14. The lowest BCUT2D eigenvalue weighted by atomic mass is 9.87. The van der Waals surface area contributed by atoms with E-state index in [1.807, 2.05) is 0 Å². The van der Waals surface area contributed by atoms with Crippen molar-refractivity contribution in [2.75, 3.05) is 7.11 Å². The van der Waals surface area contributed by atoms with Crippen LogP contribution in [0.1, 0.15) is 43.0 Å². The molecule has 0 saturated heterocycles. The zero-order valence-corrected chi connectivity index (χ0v) is 14.1. The van der Waals surface area contributed by atoms with Gasteiger partial charge in [-0.15, -0.1) is 0 Å². The normalized spacial score (nSPS) is 11.6. The Labute approximate surface area is 134 Å². The average Bonchev–Trinajstić information content (AvgIpc) is 2.48. The third-order valence-corrected chi connectivity index (χ3v) is 3.78. The minimum absolute atomic E-state index is 0.216. The standard InChI is InChI=1S/C20H27NO/c1-20(2,3)19-10-8-16(9-11-19)13-21-14-17-6-5-7-18(12-17)15-22-4/h5-12,21H,13-15H2,1-4H3. The van der Waals surface area contributed by atoms with Crippen molar-refractivity contribution in [1.82, 2.24) is 5.32 Å². The van der Waals surface area contributed by atoms with Gasteiger partial charge in [-0.1, -0.05) is 69.3 Å². The highest BCUT2D eigenvalue weighted by molar-refractivity contribution is 5.27. The van der Waals surface area contributed by atoms with Crippen molar-refractivity contribution in [3.8, 4) is 0 Å². The summed E-state index contributed by atoms with van der Waals surface area (Å²) in [4.78, 5) is 0. The highest BCUT2D eigenvalue weighted by Crippen LogP contribution is 2.22. The lowest BCUT2D eigenvalue weighted by molar-refractivity contribution is 0.185. The molecule has 0 unspecified atom stereocenters. The summed E-state index contributed by atoms with van der Waals surface area (Å²) in [6.45, 7) is 9.16. The van der Waals surface area contributed by atoms with Crippen LogP contribution in [0.15, 0.2) is 48.5 Å². The summed E-state index contributed by atoms with van der Waals surface area (Å²) in [6.07, 6.45) is 0. The first-order valence-corrected chi connectivity index (χ1v) is 7.86. The second kappa shape index (κ2) is 7.57. The number of hydrogen-bond donors (Lipinski definition) is 1. The van der Waals surface area contributed by atoms with E-state index in [4.69, 9.17) is 4.74 Å². The molecule has 0 heterocycles. The molecular weight excluding hydrogens is 270 g/mol. The Kier molecular flexibility index (Phi) is 5.76. The lowest BCUT2D eigenvalue weighted by Gasteiger charge is -2.19. The van der Waals surface area contributed by atoms with E-state index in [9.17, 15) is 0 Å². The first kappa shape index (κ1) is 16.7. The molecule has 118 valence electrons. The second-order valence-corrected chi connectivity index (χ2v) is 6.80. The van der Waals surface area contributed by atoms with Crippen LogP contribution in [0.3, 0.4) is 0 Å². The number of methoxy groups -OCH3 is 1. The van der Waals surface area contributed by atoms with Crippen molar-refractivity contribution in [3.05, 3.63) is 70.8 Å². The van der Waals surface area contributed by atoms with Gasteiger partial charge in [0.2, 0.25) is 0 Å². The Morgan fingerprint density at radius 2 is 1.50 bits per heavy atom. The fourth-order valence-electron chi connectivity index (χ4n) is 2.47. The maximum absolute atomic E-state index is 5.17. The molecule has 2 aromatic rings. The van der Waals surface area contributed by atoms with Gasteiger partial charge in [-0.2, -0.15) is 0 Å². The number of nitrogens with one attached hydrogen (secondary N) is 1. The van der Waals surface area contributed by atoms with Crippen molar-refractivity contribution in [2.45, 2.75) is 45.9 Å². The predicted molar refractivity (Wildman–Crippen MR) is 92.8 cm³/mol. The van der Waals surface area contributed by atoms with Gasteiger partial charge in [0.1, 0.15) is 0 Å². The van der Waals surface area contributed by atoms with Crippen LogP contribution >= 0.6 is 0 Å². The Balaban J connectivity index is 1.87. The number of hydrogen-bond acceptors (Lipinski definition) is 2. The number of benzene rings is 2. The van der Waals surface area contributed by atoms with Crippen molar-refractivity contribution in [1.29, 1.82) is 0 Å². The molecule has 0 aliphatic carbocycles. The minimum atomic E-state index is 0.216. The van der Waals surface area contributed by atoms with Crippen molar-refractivity contribution in [3.63, 3.8) is 0 Å². The number of rotatable bonds is 6. The van der Waals surface area contributed by atoms with E-state index in [0.29, 0.717) is 6.61 Å². The van der Waals surface area contributed by atoms with E-state index in [1.54, 1.807) is 7.11 Å². The van der Waals surface area contributed by atoms with Crippen molar-refractivity contribution < 1.29 is 4.74 Å². The summed E-state index contributed by atoms with van der Waals surface area (Å²) in [7, 11) is 1.73. The molecule has 0 aliphatic rings. The fourth-order valence-corrected chi connectivity index (χ4v) is 2.47. The molecule has 0 aromatic heterocycles. The first-order chi connectivity index (χ1) is 10.5. The summed E-state index contributed by atoms with van der Waals surface area (Å²) in [5, 5.41) is 3.50. The van der Waals surface area contributed by atoms with Crippen LogP contribution in [0.5, 0.6) is 0 Å². The van der Waals surface area contributed by atoms with Gasteiger partial charge in [-0.05, 0) is 27.7 Å². The summed E-state index contributed by atoms with van der Waals surface area (Å²) in [5.41, 5.74) is 5.43. The Hall–Kier alpha value is -1.64. The molecule has 0 fully saturated rings. The summed E-state index contributed by atoms with van der Waals surface area (Å²) in [5.74, 6) is 0. The Morgan fingerprint density at radius 1 is 0.864 bits per heavy atom. The highest BCUT2D eigenvalue weighted by Gasteiger charge is 2.12. The van der Waals surface area contributed by atoms with E-state index in [0.717, 1.165) is 13.1 Å². The van der Waals surface area contributed by atoms with Gasteiger partial charge in [-0.3, -0.25) is 0 Å². The van der Waals surface area contributed by atoms with Gasteiger partial charge in [0.05, 0.1) is 6.61 Å². The van der Waals surface area contributed by atoms with Crippen molar-refractivity contribution in [2.24, 2.45) is 0 Å². The molecule has 22 heavy (non-hydrogen) atoms. The first-order valence-electron chi connectivity index (χ1n) is 7.86. The van der Waals surface area contributed by atoms with Crippen molar-refractivity contribution >= 4 is 0 Å². The van der Waals surface area contributed by atoms with Crippen LogP contribution in [0.2, 0.25) is 0 Å². The third-order valence-electron chi connectivity index (χ3n) is 3.78. The molecule has 0 spiro atoms. The van der Waals surface area contributed by atoms with E-state index < -0.39 is 0 Å². The molecule has 0 radical (unpaired) electrons. The largest absolute Gasteiger partial charge is 0.380 e. The monoisotopic (exact) mass is 297 g/mol. The fraction of sp³-hybridized carbons (Fsp3) is 0.400. The van der Waals surface area contributed by atoms with Crippen LogP contribution in [0.25, 0.3) is 0 Å². The molecule has 0 atom stereocenters. The van der Waals surface area contributed by atoms with Gasteiger partial charge in [0.25, 0.3) is 0 Å². The van der Waals surface area contributed by atoms with Gasteiger partial charge >= 0.3 is 0 Å². The van der Waals surface area contributed by atoms with E-state index in [1.165, 1.54) is 22.3 Å². The van der Waals surface area contributed by atoms with Crippen LogP contribution < -0.4 is 5.32 Å². The molecule has 0 saturated carbocycles. The predicted octanol–water partition coefficient (Wildman–Crippen LogP) is 4.42. The molecule has 0 bridgehead atoms. The number of ether oxygens (including phenoxy) is 1. The maximum Gasteiger partial charge on any atom is 0.0713 e. The van der Waals surface area contributed by atoms with Gasteiger partial charge in [0.15, 0.2) is 0 Å². The van der Waals surface area contributed by atoms with Crippen LogP contribution in [0.4, 0.5) is 0 Å². The molecule has 2 aromatic carbocycles. The quantitative estimate of drug-likeness (QED) is 0.852. The van der Waals surface area contributed by atoms with E-state index >= 15 is 0 Å². The Morgan fingerprint density at radius 3 is 2.14 bits per heavy atom. The highest BCUT2D eigenvalue weighted by atomic mass is 16.5. The van der Waals surface area contributed by atoms with E-state index in [-0.39, 0.29) is 5.41 Å². The molecule has 0 amide bonds. The van der Waals surface area contributed by atoms with Crippen LogP contribution in [-0.2, 0) is 29.8 Å². The minimum Gasteiger partial charge on any atom is -0.380 e.